The standard InChI is InChI=1S/C13H18ClN5/c1-18(9-5-3-4-6-9)8-11-16-12(14)10-7-15-19(2)13(10)17-11/h7,9H,3-6,8H2,1-2H3. The van der Waals surface area contributed by atoms with Gasteiger partial charge in [-0.3, -0.25) is 9.58 Å². The Bertz CT molecular complexity index is 588. The molecular formula is C13H18ClN5. The zero-order valence-corrected chi connectivity index (χ0v) is 12.1. The highest BCUT2D eigenvalue weighted by Gasteiger charge is 2.21. The first-order valence-electron chi connectivity index (χ1n) is 6.69. The lowest BCUT2D eigenvalue weighted by atomic mass is 10.2. The minimum absolute atomic E-state index is 0.493. The van der Waals surface area contributed by atoms with E-state index in [4.69, 9.17) is 11.6 Å². The van der Waals surface area contributed by atoms with Gasteiger partial charge in [-0.1, -0.05) is 24.4 Å². The minimum atomic E-state index is 0.493. The Morgan fingerprint density at radius 3 is 2.84 bits per heavy atom. The molecule has 0 atom stereocenters. The number of halogens is 1. The molecule has 0 N–H and O–H groups in total. The molecule has 0 amide bonds. The monoisotopic (exact) mass is 279 g/mol. The number of hydrogen-bond acceptors (Lipinski definition) is 4. The normalized spacial score (nSPS) is 16.8. The van der Waals surface area contributed by atoms with Crippen molar-refractivity contribution in [3.8, 4) is 0 Å². The summed E-state index contributed by atoms with van der Waals surface area (Å²) in [6.45, 7) is 0.742. The maximum absolute atomic E-state index is 6.20. The van der Waals surface area contributed by atoms with Crippen molar-refractivity contribution in [3.63, 3.8) is 0 Å². The van der Waals surface area contributed by atoms with E-state index in [1.165, 1.54) is 25.7 Å². The molecule has 102 valence electrons. The fourth-order valence-corrected chi connectivity index (χ4v) is 3.03. The van der Waals surface area contributed by atoms with E-state index in [1.807, 2.05) is 7.05 Å². The quantitative estimate of drug-likeness (QED) is 0.810. The van der Waals surface area contributed by atoms with Crippen molar-refractivity contribution < 1.29 is 0 Å². The maximum Gasteiger partial charge on any atom is 0.162 e. The molecule has 2 aromatic heterocycles. The summed E-state index contributed by atoms with van der Waals surface area (Å²) in [4.78, 5) is 11.3. The van der Waals surface area contributed by atoms with E-state index < -0.39 is 0 Å². The number of rotatable bonds is 3. The van der Waals surface area contributed by atoms with Gasteiger partial charge in [0, 0.05) is 13.1 Å². The summed E-state index contributed by atoms with van der Waals surface area (Å²) in [5, 5.41) is 5.48. The van der Waals surface area contributed by atoms with Crippen LogP contribution in [0, 0.1) is 0 Å². The van der Waals surface area contributed by atoms with Crippen LogP contribution in [0.5, 0.6) is 0 Å². The fourth-order valence-electron chi connectivity index (χ4n) is 2.80. The van der Waals surface area contributed by atoms with Crippen LogP contribution in [0.15, 0.2) is 6.20 Å². The second kappa shape index (κ2) is 5.06. The Kier molecular flexibility index (Phi) is 3.41. The molecule has 2 heterocycles. The summed E-state index contributed by atoms with van der Waals surface area (Å²) in [5.74, 6) is 0.774. The highest BCUT2D eigenvalue weighted by Crippen LogP contribution is 2.24. The molecule has 1 aliphatic carbocycles. The van der Waals surface area contributed by atoms with Crippen LogP contribution in [0.1, 0.15) is 31.5 Å². The first-order chi connectivity index (χ1) is 9.15. The topological polar surface area (TPSA) is 46.8 Å². The highest BCUT2D eigenvalue weighted by atomic mass is 35.5. The van der Waals surface area contributed by atoms with E-state index in [9.17, 15) is 0 Å². The van der Waals surface area contributed by atoms with Crippen molar-refractivity contribution in [2.45, 2.75) is 38.3 Å². The van der Waals surface area contributed by atoms with Crippen molar-refractivity contribution in [1.82, 2.24) is 24.6 Å². The van der Waals surface area contributed by atoms with Crippen molar-refractivity contribution in [1.29, 1.82) is 0 Å². The molecule has 0 bridgehead atoms. The lowest BCUT2D eigenvalue weighted by Gasteiger charge is -2.23. The molecule has 0 aromatic carbocycles. The van der Waals surface area contributed by atoms with Crippen molar-refractivity contribution in [3.05, 3.63) is 17.2 Å². The Morgan fingerprint density at radius 2 is 2.11 bits per heavy atom. The molecule has 0 radical (unpaired) electrons. The second-order valence-electron chi connectivity index (χ2n) is 5.29. The van der Waals surface area contributed by atoms with Crippen LogP contribution in [-0.4, -0.2) is 37.7 Å². The maximum atomic E-state index is 6.20. The number of hydrogen-bond donors (Lipinski definition) is 0. The van der Waals surface area contributed by atoms with Gasteiger partial charge in [0.15, 0.2) is 5.65 Å². The van der Waals surface area contributed by atoms with Crippen molar-refractivity contribution >= 4 is 22.6 Å². The van der Waals surface area contributed by atoms with Crippen LogP contribution < -0.4 is 0 Å². The van der Waals surface area contributed by atoms with Crippen LogP contribution in [0.3, 0.4) is 0 Å². The van der Waals surface area contributed by atoms with E-state index in [2.05, 4.69) is 27.0 Å². The Morgan fingerprint density at radius 1 is 1.37 bits per heavy atom. The molecule has 5 nitrogen and oxygen atoms in total. The Balaban J connectivity index is 1.86. The van der Waals surface area contributed by atoms with Gasteiger partial charge >= 0.3 is 0 Å². The van der Waals surface area contributed by atoms with Crippen molar-refractivity contribution in [2.24, 2.45) is 7.05 Å². The fraction of sp³-hybridized carbons (Fsp3) is 0.615. The van der Waals surface area contributed by atoms with Gasteiger partial charge in [-0.15, -0.1) is 0 Å². The van der Waals surface area contributed by atoms with Gasteiger partial charge in [-0.05, 0) is 19.9 Å². The molecule has 1 fully saturated rings. The zero-order valence-electron chi connectivity index (χ0n) is 11.3. The summed E-state index contributed by atoms with van der Waals surface area (Å²) in [6.07, 6.45) is 6.92. The SMILES string of the molecule is CN(Cc1nc(Cl)c2cnn(C)c2n1)C1CCCC1. The zero-order chi connectivity index (χ0) is 13.4. The molecule has 1 saturated carbocycles. The highest BCUT2D eigenvalue weighted by molar-refractivity contribution is 6.33. The van der Waals surface area contributed by atoms with Gasteiger partial charge in [-0.2, -0.15) is 5.10 Å². The van der Waals surface area contributed by atoms with Crippen LogP contribution in [-0.2, 0) is 13.6 Å². The Hall–Kier alpha value is -1.20. The van der Waals surface area contributed by atoms with Crippen LogP contribution in [0.2, 0.25) is 5.15 Å². The van der Waals surface area contributed by atoms with E-state index in [0.29, 0.717) is 11.2 Å². The average Bonchev–Trinajstić information content (AvgIpc) is 3.00. The molecule has 2 aromatic rings. The molecule has 1 aliphatic rings. The Labute approximate surface area is 117 Å². The van der Waals surface area contributed by atoms with Gasteiger partial charge < -0.3 is 0 Å². The smallest absolute Gasteiger partial charge is 0.162 e. The predicted octanol–water partition coefficient (Wildman–Crippen LogP) is 2.39. The molecule has 0 aliphatic heterocycles. The summed E-state index contributed by atoms with van der Waals surface area (Å²) in [6, 6.07) is 0.657. The van der Waals surface area contributed by atoms with Gasteiger partial charge in [0.2, 0.25) is 0 Å². The average molecular weight is 280 g/mol. The third-order valence-electron chi connectivity index (χ3n) is 3.93. The van der Waals surface area contributed by atoms with Crippen molar-refractivity contribution in [2.75, 3.05) is 7.05 Å². The van der Waals surface area contributed by atoms with Gasteiger partial charge in [0.25, 0.3) is 0 Å². The van der Waals surface area contributed by atoms with Crippen LogP contribution in [0.4, 0.5) is 0 Å². The first kappa shape index (κ1) is 12.8. The van der Waals surface area contributed by atoms with E-state index >= 15 is 0 Å². The third-order valence-corrected chi connectivity index (χ3v) is 4.22. The number of aromatic nitrogens is 4. The van der Waals surface area contributed by atoms with E-state index in [0.717, 1.165) is 23.4 Å². The molecule has 0 saturated heterocycles. The molecule has 6 heteroatoms. The van der Waals surface area contributed by atoms with Gasteiger partial charge in [0.05, 0.1) is 18.1 Å². The second-order valence-corrected chi connectivity index (χ2v) is 5.65. The lowest BCUT2D eigenvalue weighted by molar-refractivity contribution is 0.232. The number of aryl methyl sites for hydroxylation is 1. The first-order valence-corrected chi connectivity index (χ1v) is 7.07. The van der Waals surface area contributed by atoms with Crippen LogP contribution in [0.25, 0.3) is 11.0 Å². The lowest BCUT2D eigenvalue weighted by Crippen LogP contribution is -2.29. The number of nitrogens with zero attached hydrogens (tertiary/aromatic N) is 5. The largest absolute Gasteiger partial charge is 0.296 e. The molecular weight excluding hydrogens is 262 g/mol. The van der Waals surface area contributed by atoms with Gasteiger partial charge in [0.1, 0.15) is 11.0 Å². The molecule has 3 rings (SSSR count). The minimum Gasteiger partial charge on any atom is -0.296 e. The summed E-state index contributed by atoms with van der Waals surface area (Å²) in [7, 11) is 4.01. The summed E-state index contributed by atoms with van der Waals surface area (Å²) in [5.41, 5.74) is 0.801. The van der Waals surface area contributed by atoms with E-state index in [-0.39, 0.29) is 0 Å². The van der Waals surface area contributed by atoms with E-state index in [1.54, 1.807) is 10.9 Å². The predicted molar refractivity (Wildman–Crippen MR) is 75.0 cm³/mol. The third kappa shape index (κ3) is 2.44. The summed E-state index contributed by atoms with van der Waals surface area (Å²) >= 11 is 6.20. The molecule has 19 heavy (non-hydrogen) atoms. The molecule has 0 spiro atoms. The van der Waals surface area contributed by atoms with Crippen LogP contribution >= 0.6 is 11.6 Å². The van der Waals surface area contributed by atoms with Gasteiger partial charge in [-0.25, -0.2) is 9.97 Å². The molecule has 0 unspecified atom stereocenters. The summed E-state index contributed by atoms with van der Waals surface area (Å²) < 4.78 is 1.74. The number of fused-ring (bicyclic) bond motifs is 1.